The van der Waals surface area contributed by atoms with E-state index >= 15 is 0 Å². The van der Waals surface area contributed by atoms with Crippen LogP contribution in [-0.2, 0) is 16.6 Å². The van der Waals surface area contributed by atoms with Crippen molar-refractivity contribution in [2.45, 2.75) is 46.3 Å². The summed E-state index contributed by atoms with van der Waals surface area (Å²) >= 11 is 7.88. The Morgan fingerprint density at radius 3 is 2.36 bits per heavy atom. The maximum atomic E-state index is 13.0. The zero-order valence-corrected chi connectivity index (χ0v) is 25.2. The van der Waals surface area contributed by atoms with E-state index in [1.54, 1.807) is 18.3 Å². The lowest BCUT2D eigenvalue weighted by Gasteiger charge is -2.29. The molecule has 39 heavy (non-hydrogen) atoms. The molecule has 0 unspecified atom stereocenters. The molecular weight excluding hydrogens is 528 g/mol. The van der Waals surface area contributed by atoms with Gasteiger partial charge in [-0.2, -0.15) is 5.10 Å². The van der Waals surface area contributed by atoms with E-state index in [1.807, 2.05) is 82.7 Å². The fourth-order valence-corrected chi connectivity index (χ4v) is 6.22. The van der Waals surface area contributed by atoms with Crippen molar-refractivity contribution in [3.8, 4) is 21.7 Å². The monoisotopic (exact) mass is 560 g/mol. The molecule has 3 aromatic carbocycles. The van der Waals surface area contributed by atoms with Gasteiger partial charge in [-0.3, -0.25) is 9.48 Å². The molecule has 0 bridgehead atoms. The standard InChI is InChI=1S/C31H33ClN4O2S/c1-17-15-23-28(39-30(33-23)20-11-14-22-24(16-20)36(8)34-29(22)35(6)7)26(19-9-12-21(32)13-10-19)25(17)27(18(2)37)38-31(3,4)5/h9-16,27H,1-8H3/t27-/m1/s1. The van der Waals surface area contributed by atoms with Gasteiger partial charge in [0, 0.05) is 48.2 Å². The molecule has 0 aliphatic heterocycles. The van der Waals surface area contributed by atoms with E-state index < -0.39 is 11.7 Å². The first kappa shape index (κ1) is 27.3. The molecule has 0 saturated carbocycles. The van der Waals surface area contributed by atoms with Crippen molar-refractivity contribution in [2.75, 3.05) is 19.0 Å². The second-order valence-corrected chi connectivity index (χ2v) is 12.6. The number of halogens is 1. The number of ether oxygens (including phenoxy) is 1. The highest BCUT2D eigenvalue weighted by atomic mass is 35.5. The number of nitrogens with zero attached hydrogens (tertiary/aromatic N) is 4. The lowest BCUT2D eigenvalue weighted by Crippen LogP contribution is -2.27. The van der Waals surface area contributed by atoms with Crippen LogP contribution in [0.4, 0.5) is 5.82 Å². The Balaban J connectivity index is 1.76. The molecule has 5 aromatic rings. The van der Waals surface area contributed by atoms with Crippen LogP contribution in [0.1, 0.15) is 44.9 Å². The summed E-state index contributed by atoms with van der Waals surface area (Å²) in [4.78, 5) is 20.1. The van der Waals surface area contributed by atoms with Crippen LogP contribution in [-0.4, -0.2) is 40.2 Å². The van der Waals surface area contributed by atoms with E-state index in [-0.39, 0.29) is 5.78 Å². The summed E-state index contributed by atoms with van der Waals surface area (Å²) in [6, 6.07) is 16.2. The predicted molar refractivity (Wildman–Crippen MR) is 163 cm³/mol. The van der Waals surface area contributed by atoms with Crippen molar-refractivity contribution in [1.82, 2.24) is 14.8 Å². The molecule has 0 aliphatic rings. The van der Waals surface area contributed by atoms with Crippen LogP contribution in [0.3, 0.4) is 0 Å². The first-order chi connectivity index (χ1) is 18.3. The number of benzene rings is 3. The molecule has 0 spiro atoms. The van der Waals surface area contributed by atoms with Crippen LogP contribution in [0.5, 0.6) is 0 Å². The van der Waals surface area contributed by atoms with E-state index in [1.165, 1.54) is 0 Å². The van der Waals surface area contributed by atoms with Crippen molar-refractivity contribution in [1.29, 1.82) is 0 Å². The van der Waals surface area contributed by atoms with Crippen LogP contribution in [0, 0.1) is 6.92 Å². The van der Waals surface area contributed by atoms with E-state index in [2.05, 4.69) is 29.4 Å². The Labute approximate surface area is 238 Å². The maximum Gasteiger partial charge on any atom is 0.163 e. The Bertz CT molecular complexity index is 1710. The number of carbonyl (C=O) groups is 1. The Hall–Kier alpha value is -3.26. The highest BCUT2D eigenvalue weighted by Gasteiger charge is 2.30. The summed E-state index contributed by atoms with van der Waals surface area (Å²) in [7, 11) is 5.96. The van der Waals surface area contributed by atoms with E-state index in [0.29, 0.717) is 5.02 Å². The number of aromatic nitrogens is 3. The van der Waals surface area contributed by atoms with Gasteiger partial charge in [0.2, 0.25) is 0 Å². The molecular formula is C31H33ClN4O2S. The summed E-state index contributed by atoms with van der Waals surface area (Å²) in [5, 5.41) is 7.34. The van der Waals surface area contributed by atoms with Gasteiger partial charge in [-0.1, -0.05) is 29.8 Å². The molecule has 0 fully saturated rings. The maximum absolute atomic E-state index is 13.0. The molecule has 0 N–H and O–H groups in total. The van der Waals surface area contributed by atoms with Crippen LogP contribution in [0.25, 0.3) is 42.8 Å². The fourth-order valence-electron chi connectivity index (χ4n) is 4.98. The second-order valence-electron chi connectivity index (χ2n) is 11.2. The largest absolute Gasteiger partial charge is 0.361 e. The summed E-state index contributed by atoms with van der Waals surface area (Å²) < 4.78 is 9.29. The first-order valence-electron chi connectivity index (χ1n) is 12.9. The van der Waals surface area contributed by atoms with Crippen molar-refractivity contribution >= 4 is 55.7 Å². The molecule has 5 rings (SSSR count). The summed E-state index contributed by atoms with van der Waals surface area (Å²) in [5.74, 6) is 0.897. The third-order valence-electron chi connectivity index (χ3n) is 6.67. The van der Waals surface area contributed by atoms with Gasteiger partial charge >= 0.3 is 0 Å². The van der Waals surface area contributed by atoms with Gasteiger partial charge in [-0.15, -0.1) is 11.3 Å². The average Bonchev–Trinajstić information content (AvgIpc) is 3.42. The minimum atomic E-state index is -0.708. The predicted octanol–water partition coefficient (Wildman–Crippen LogP) is 7.99. The number of hydrogen-bond donors (Lipinski definition) is 0. The minimum Gasteiger partial charge on any atom is -0.361 e. The van der Waals surface area contributed by atoms with Crippen molar-refractivity contribution in [2.24, 2.45) is 7.05 Å². The van der Waals surface area contributed by atoms with Crippen LogP contribution in [0.15, 0.2) is 48.5 Å². The summed E-state index contributed by atoms with van der Waals surface area (Å²) in [6.07, 6.45) is -0.708. The molecule has 2 heterocycles. The lowest BCUT2D eigenvalue weighted by molar-refractivity contribution is -0.138. The topological polar surface area (TPSA) is 60.2 Å². The van der Waals surface area contributed by atoms with Crippen molar-refractivity contribution < 1.29 is 9.53 Å². The number of ketones is 1. The zero-order chi connectivity index (χ0) is 28.2. The lowest BCUT2D eigenvalue weighted by atomic mass is 9.90. The SMILES string of the molecule is CC(=O)[C@@H](OC(C)(C)C)c1c(C)cc2nc(-c3ccc4c(N(C)C)nn(C)c4c3)sc2c1-c1ccc(Cl)cc1. The van der Waals surface area contributed by atoms with Gasteiger partial charge in [-0.25, -0.2) is 4.98 Å². The van der Waals surface area contributed by atoms with E-state index in [9.17, 15) is 4.79 Å². The second kappa shape index (κ2) is 10.0. The fraction of sp³-hybridized carbons (Fsp3) is 0.323. The van der Waals surface area contributed by atoms with Crippen LogP contribution in [0.2, 0.25) is 5.02 Å². The van der Waals surface area contributed by atoms with Gasteiger partial charge in [0.05, 0.1) is 21.3 Å². The van der Waals surface area contributed by atoms with Gasteiger partial charge in [0.15, 0.2) is 11.6 Å². The Morgan fingerprint density at radius 1 is 1.08 bits per heavy atom. The number of fused-ring (bicyclic) bond motifs is 2. The van der Waals surface area contributed by atoms with E-state index in [4.69, 9.17) is 21.3 Å². The molecule has 8 heteroatoms. The molecule has 2 aromatic heterocycles. The van der Waals surface area contributed by atoms with Gasteiger partial charge in [-0.05, 0) is 76.1 Å². The molecule has 0 radical (unpaired) electrons. The number of rotatable bonds is 6. The number of thiazole rings is 1. The summed E-state index contributed by atoms with van der Waals surface area (Å²) in [5.41, 5.74) is 6.22. The zero-order valence-electron chi connectivity index (χ0n) is 23.6. The quantitative estimate of drug-likeness (QED) is 0.210. The van der Waals surface area contributed by atoms with Crippen molar-refractivity contribution in [3.63, 3.8) is 0 Å². The number of aryl methyl sites for hydroxylation is 2. The van der Waals surface area contributed by atoms with Gasteiger partial charge in [0.1, 0.15) is 11.1 Å². The Kier molecular flexibility index (Phi) is 7.04. The van der Waals surface area contributed by atoms with Crippen LogP contribution >= 0.6 is 22.9 Å². The van der Waals surface area contributed by atoms with Crippen LogP contribution < -0.4 is 4.90 Å². The van der Waals surface area contributed by atoms with Gasteiger partial charge in [0.25, 0.3) is 0 Å². The molecule has 0 saturated heterocycles. The molecule has 202 valence electrons. The number of Topliss-reactive ketones (excluding diaryl/α,β-unsaturated/α-hetero) is 1. The molecule has 0 amide bonds. The third kappa shape index (κ3) is 5.19. The van der Waals surface area contributed by atoms with Crippen molar-refractivity contribution in [3.05, 3.63) is 64.7 Å². The molecule has 6 nitrogen and oxygen atoms in total. The first-order valence-corrected chi connectivity index (χ1v) is 14.1. The highest BCUT2D eigenvalue weighted by molar-refractivity contribution is 7.22. The Morgan fingerprint density at radius 2 is 1.74 bits per heavy atom. The molecule has 1 atom stereocenters. The van der Waals surface area contributed by atoms with E-state index in [0.717, 1.165) is 59.8 Å². The smallest absolute Gasteiger partial charge is 0.163 e. The normalized spacial score (nSPS) is 12.8. The number of hydrogen-bond acceptors (Lipinski definition) is 6. The summed E-state index contributed by atoms with van der Waals surface area (Å²) in [6.45, 7) is 9.54. The molecule has 0 aliphatic carbocycles. The van der Waals surface area contributed by atoms with Gasteiger partial charge < -0.3 is 9.64 Å². The number of anilines is 1. The highest BCUT2D eigenvalue weighted by Crippen LogP contribution is 2.45. The minimum absolute atomic E-state index is 0.0364. The number of carbonyl (C=O) groups excluding carboxylic acids is 1. The third-order valence-corrected chi connectivity index (χ3v) is 8.06. The average molecular weight is 561 g/mol.